The minimum Gasteiger partial charge on any atom is -0.358 e. The number of pyridine rings is 1. The fourth-order valence-electron chi connectivity index (χ4n) is 1.12. The maximum absolute atomic E-state index is 11.2. The number of nitrogens with zero attached hydrogens (tertiary/aromatic N) is 1. The number of nitrogens with one attached hydrogen (secondary N) is 2. The smallest absolute Gasteiger partial charge is 0.236 e. The summed E-state index contributed by atoms with van der Waals surface area (Å²) < 4.78 is 0.800. The molecular weight excluding hydrogens is 258 g/mol. The third-order valence-corrected chi connectivity index (χ3v) is 2.44. The monoisotopic (exact) mass is 271 g/mol. The Morgan fingerprint density at radius 2 is 2.33 bits per heavy atom. The zero-order chi connectivity index (χ0) is 11.3. The summed E-state index contributed by atoms with van der Waals surface area (Å²) >= 11 is 3.29. The van der Waals surface area contributed by atoms with Gasteiger partial charge in [-0.25, -0.2) is 4.98 Å². The summed E-state index contributed by atoms with van der Waals surface area (Å²) in [4.78, 5) is 15.4. The molecule has 0 radical (unpaired) electrons. The van der Waals surface area contributed by atoms with Crippen molar-refractivity contribution in [2.75, 3.05) is 7.05 Å². The Morgan fingerprint density at radius 3 is 2.93 bits per heavy atom. The number of hydrogen-bond donors (Lipinski definition) is 2. The number of hydrogen-bond acceptors (Lipinski definition) is 3. The van der Waals surface area contributed by atoms with Crippen LogP contribution in [0.1, 0.15) is 12.6 Å². The molecule has 0 saturated carbocycles. The number of amides is 1. The van der Waals surface area contributed by atoms with Crippen LogP contribution in [0, 0.1) is 0 Å². The van der Waals surface area contributed by atoms with E-state index in [1.165, 1.54) is 0 Å². The molecule has 0 fully saturated rings. The normalized spacial score (nSPS) is 12.2. The first-order valence-electron chi connectivity index (χ1n) is 4.70. The van der Waals surface area contributed by atoms with E-state index in [0.717, 1.165) is 10.3 Å². The zero-order valence-corrected chi connectivity index (χ0v) is 10.3. The first-order chi connectivity index (χ1) is 7.13. The third-order valence-electron chi connectivity index (χ3n) is 2.00. The van der Waals surface area contributed by atoms with Gasteiger partial charge in [0, 0.05) is 13.6 Å². The molecule has 4 nitrogen and oxygen atoms in total. The van der Waals surface area contributed by atoms with Crippen molar-refractivity contribution in [3.63, 3.8) is 0 Å². The molecule has 1 aromatic heterocycles. The molecule has 1 heterocycles. The third kappa shape index (κ3) is 3.97. The van der Waals surface area contributed by atoms with E-state index in [0.29, 0.717) is 6.54 Å². The number of carbonyl (C=O) groups excluding carboxylic acids is 1. The lowest BCUT2D eigenvalue weighted by Gasteiger charge is -2.11. The van der Waals surface area contributed by atoms with Crippen LogP contribution in [0.25, 0.3) is 0 Å². The average molecular weight is 272 g/mol. The van der Waals surface area contributed by atoms with Crippen LogP contribution < -0.4 is 10.6 Å². The minimum absolute atomic E-state index is 0.0232. The number of aromatic nitrogens is 1. The largest absolute Gasteiger partial charge is 0.358 e. The fourth-order valence-corrected chi connectivity index (χ4v) is 1.50. The van der Waals surface area contributed by atoms with Gasteiger partial charge in [-0.2, -0.15) is 0 Å². The van der Waals surface area contributed by atoms with E-state index in [4.69, 9.17) is 0 Å². The van der Waals surface area contributed by atoms with Crippen molar-refractivity contribution in [3.05, 3.63) is 28.5 Å². The summed E-state index contributed by atoms with van der Waals surface area (Å²) in [7, 11) is 1.62. The Balaban J connectivity index is 2.47. The van der Waals surface area contributed by atoms with Gasteiger partial charge in [0.15, 0.2) is 0 Å². The minimum atomic E-state index is -0.212. The molecule has 5 heteroatoms. The molecule has 82 valence electrons. The van der Waals surface area contributed by atoms with Gasteiger partial charge in [0.25, 0.3) is 0 Å². The van der Waals surface area contributed by atoms with Crippen LogP contribution in [-0.4, -0.2) is 24.0 Å². The molecule has 1 aromatic rings. The van der Waals surface area contributed by atoms with Crippen LogP contribution in [-0.2, 0) is 11.3 Å². The molecule has 0 aliphatic heterocycles. The maximum atomic E-state index is 11.2. The van der Waals surface area contributed by atoms with Crippen molar-refractivity contribution in [2.45, 2.75) is 19.5 Å². The Labute approximate surface area is 97.6 Å². The number of likely N-dealkylation sites (N-methyl/N-ethyl adjacent to an activating group) is 1. The van der Waals surface area contributed by atoms with Gasteiger partial charge >= 0.3 is 0 Å². The maximum Gasteiger partial charge on any atom is 0.236 e. The highest BCUT2D eigenvalue weighted by Gasteiger charge is 2.09. The summed E-state index contributed by atoms with van der Waals surface area (Å²) in [5.74, 6) is -0.0232. The standard InChI is InChI=1S/C10H14BrN3O/c1-7(10(15)12-2)13-6-8-4-3-5-9(11)14-8/h3-5,7,13H,6H2,1-2H3,(H,12,15). The van der Waals surface area contributed by atoms with Gasteiger partial charge in [-0.1, -0.05) is 6.07 Å². The van der Waals surface area contributed by atoms with Crippen molar-refractivity contribution in [2.24, 2.45) is 0 Å². The fraction of sp³-hybridized carbons (Fsp3) is 0.400. The highest BCUT2D eigenvalue weighted by molar-refractivity contribution is 9.10. The van der Waals surface area contributed by atoms with Crippen LogP contribution in [0.5, 0.6) is 0 Å². The molecule has 1 unspecified atom stereocenters. The molecule has 0 aliphatic rings. The predicted molar refractivity (Wildman–Crippen MR) is 62.3 cm³/mol. The highest BCUT2D eigenvalue weighted by atomic mass is 79.9. The SMILES string of the molecule is CNC(=O)C(C)NCc1cccc(Br)n1. The summed E-state index contributed by atoms with van der Waals surface area (Å²) in [5.41, 5.74) is 0.903. The van der Waals surface area contributed by atoms with Crippen molar-refractivity contribution >= 4 is 21.8 Å². The van der Waals surface area contributed by atoms with Crippen molar-refractivity contribution < 1.29 is 4.79 Å². The molecule has 0 aromatic carbocycles. The first-order valence-corrected chi connectivity index (χ1v) is 5.49. The molecule has 0 spiro atoms. The van der Waals surface area contributed by atoms with E-state index in [1.54, 1.807) is 7.05 Å². The predicted octanol–water partition coefficient (Wildman–Crippen LogP) is 1.07. The van der Waals surface area contributed by atoms with Crippen molar-refractivity contribution in [3.8, 4) is 0 Å². The highest BCUT2D eigenvalue weighted by Crippen LogP contribution is 2.05. The molecule has 1 atom stereocenters. The van der Waals surface area contributed by atoms with E-state index in [-0.39, 0.29) is 11.9 Å². The van der Waals surface area contributed by atoms with E-state index in [9.17, 15) is 4.79 Å². The Kier molecular flexibility index (Phi) is 4.71. The number of halogens is 1. The van der Waals surface area contributed by atoms with Gasteiger partial charge in [-0.3, -0.25) is 4.79 Å². The van der Waals surface area contributed by atoms with Gasteiger partial charge in [-0.05, 0) is 35.0 Å². The van der Waals surface area contributed by atoms with Crippen molar-refractivity contribution in [1.29, 1.82) is 0 Å². The number of carbonyl (C=O) groups is 1. The summed E-state index contributed by atoms with van der Waals surface area (Å²) in [6, 6.07) is 5.48. The first kappa shape index (κ1) is 12.1. The quantitative estimate of drug-likeness (QED) is 0.806. The second-order valence-corrected chi connectivity index (χ2v) is 3.98. The van der Waals surface area contributed by atoms with E-state index in [1.807, 2.05) is 25.1 Å². The van der Waals surface area contributed by atoms with Crippen LogP contribution in [0.2, 0.25) is 0 Å². The zero-order valence-electron chi connectivity index (χ0n) is 8.75. The van der Waals surface area contributed by atoms with Gasteiger partial charge in [0.1, 0.15) is 4.60 Å². The molecule has 0 aliphatic carbocycles. The second kappa shape index (κ2) is 5.82. The van der Waals surface area contributed by atoms with Gasteiger partial charge in [0.05, 0.1) is 11.7 Å². The molecule has 15 heavy (non-hydrogen) atoms. The van der Waals surface area contributed by atoms with E-state index >= 15 is 0 Å². The van der Waals surface area contributed by atoms with Gasteiger partial charge < -0.3 is 10.6 Å². The van der Waals surface area contributed by atoms with Gasteiger partial charge in [0.2, 0.25) is 5.91 Å². The van der Waals surface area contributed by atoms with Crippen LogP contribution in [0.15, 0.2) is 22.8 Å². The lowest BCUT2D eigenvalue weighted by molar-refractivity contribution is -0.122. The van der Waals surface area contributed by atoms with Crippen LogP contribution in [0.3, 0.4) is 0 Å². The molecule has 1 amide bonds. The lowest BCUT2D eigenvalue weighted by atomic mass is 10.3. The average Bonchev–Trinajstić information content (AvgIpc) is 2.25. The van der Waals surface area contributed by atoms with Crippen LogP contribution >= 0.6 is 15.9 Å². The summed E-state index contributed by atoms with van der Waals surface area (Å²) in [5, 5.41) is 5.66. The van der Waals surface area contributed by atoms with Gasteiger partial charge in [-0.15, -0.1) is 0 Å². The summed E-state index contributed by atoms with van der Waals surface area (Å²) in [6.07, 6.45) is 0. The van der Waals surface area contributed by atoms with Crippen LogP contribution in [0.4, 0.5) is 0 Å². The van der Waals surface area contributed by atoms with E-state index < -0.39 is 0 Å². The molecule has 2 N–H and O–H groups in total. The topological polar surface area (TPSA) is 54.0 Å². The second-order valence-electron chi connectivity index (χ2n) is 3.17. The van der Waals surface area contributed by atoms with Crippen molar-refractivity contribution in [1.82, 2.24) is 15.6 Å². The van der Waals surface area contributed by atoms with E-state index in [2.05, 4.69) is 31.5 Å². The Hall–Kier alpha value is -0.940. The number of rotatable bonds is 4. The molecule has 0 saturated heterocycles. The molecular formula is C10H14BrN3O. The Morgan fingerprint density at radius 1 is 1.60 bits per heavy atom. The summed E-state index contributed by atoms with van der Waals surface area (Å²) in [6.45, 7) is 2.39. The lowest BCUT2D eigenvalue weighted by Crippen LogP contribution is -2.40. The molecule has 1 rings (SSSR count). The Bertz CT molecular complexity index is 343. The molecule has 0 bridgehead atoms.